The molecule has 132 valence electrons. The van der Waals surface area contributed by atoms with Crippen LogP contribution in [0, 0.1) is 0 Å². The molecule has 2 amide bonds. The highest BCUT2D eigenvalue weighted by molar-refractivity contribution is 6.35. The van der Waals surface area contributed by atoms with Crippen LogP contribution < -0.4 is 15.5 Å². The third kappa shape index (κ3) is 6.30. The van der Waals surface area contributed by atoms with E-state index in [1.54, 1.807) is 0 Å². The molecule has 0 aromatic heterocycles. The number of nitrogens with zero attached hydrogens (tertiary/aromatic N) is 1. The molecular formula is C20H25N3O2. The maximum Gasteiger partial charge on any atom is 0.309 e. The highest BCUT2D eigenvalue weighted by Gasteiger charge is 2.12. The minimum atomic E-state index is -0.602. The van der Waals surface area contributed by atoms with Gasteiger partial charge in [0.05, 0.1) is 0 Å². The van der Waals surface area contributed by atoms with Crippen molar-refractivity contribution in [3.8, 4) is 0 Å². The zero-order valence-electron chi connectivity index (χ0n) is 14.8. The zero-order valence-corrected chi connectivity index (χ0v) is 14.8. The van der Waals surface area contributed by atoms with E-state index in [1.807, 2.05) is 61.5 Å². The predicted octanol–water partition coefficient (Wildman–Crippen LogP) is 2.12. The normalized spacial score (nSPS) is 10.2. The minimum Gasteiger partial charge on any atom is -0.378 e. The summed E-state index contributed by atoms with van der Waals surface area (Å²) in [6, 6.07) is 17.9. The first kappa shape index (κ1) is 18.5. The lowest BCUT2D eigenvalue weighted by molar-refractivity contribution is -0.139. The molecule has 5 heteroatoms. The van der Waals surface area contributed by atoms with Crippen LogP contribution in [0.15, 0.2) is 54.6 Å². The average molecular weight is 339 g/mol. The number of rotatable bonds is 7. The molecule has 5 nitrogen and oxygen atoms in total. The molecular weight excluding hydrogens is 314 g/mol. The van der Waals surface area contributed by atoms with Crippen molar-refractivity contribution < 1.29 is 9.59 Å². The molecule has 0 radical (unpaired) electrons. The summed E-state index contributed by atoms with van der Waals surface area (Å²) in [6.45, 7) is 0.815. The fraction of sp³-hybridized carbons (Fsp3) is 0.300. The Morgan fingerprint density at radius 1 is 0.880 bits per heavy atom. The van der Waals surface area contributed by atoms with Gasteiger partial charge in [-0.05, 0) is 36.1 Å². The summed E-state index contributed by atoms with van der Waals surface area (Å²) in [6.07, 6.45) is 1.67. The molecule has 0 saturated heterocycles. The summed E-state index contributed by atoms with van der Waals surface area (Å²) in [5, 5.41) is 5.31. The van der Waals surface area contributed by atoms with Gasteiger partial charge >= 0.3 is 11.8 Å². The first-order valence-corrected chi connectivity index (χ1v) is 8.42. The van der Waals surface area contributed by atoms with E-state index in [0.717, 1.165) is 24.1 Å². The number of benzene rings is 2. The number of nitrogens with one attached hydrogen (secondary N) is 2. The largest absolute Gasteiger partial charge is 0.378 e. The van der Waals surface area contributed by atoms with E-state index in [9.17, 15) is 9.59 Å². The SMILES string of the molecule is CN(C)c1cccc(CNC(=O)C(=O)NCCCc2ccccc2)c1. The molecule has 0 aliphatic heterocycles. The molecule has 0 bridgehead atoms. The third-order valence-corrected chi connectivity index (χ3v) is 3.86. The highest BCUT2D eigenvalue weighted by Crippen LogP contribution is 2.13. The van der Waals surface area contributed by atoms with Gasteiger partial charge in [-0.2, -0.15) is 0 Å². The molecule has 2 rings (SSSR count). The second-order valence-electron chi connectivity index (χ2n) is 6.09. The monoisotopic (exact) mass is 339 g/mol. The number of carbonyl (C=O) groups excluding carboxylic acids is 2. The van der Waals surface area contributed by atoms with Crippen molar-refractivity contribution in [3.63, 3.8) is 0 Å². The van der Waals surface area contributed by atoms with E-state index in [1.165, 1.54) is 5.56 Å². The van der Waals surface area contributed by atoms with Crippen LogP contribution in [0.5, 0.6) is 0 Å². The molecule has 25 heavy (non-hydrogen) atoms. The van der Waals surface area contributed by atoms with Gasteiger partial charge in [0, 0.05) is 32.9 Å². The van der Waals surface area contributed by atoms with Gasteiger partial charge in [-0.1, -0.05) is 42.5 Å². The second kappa shape index (κ2) is 9.47. The van der Waals surface area contributed by atoms with E-state index >= 15 is 0 Å². The predicted molar refractivity (Wildman–Crippen MR) is 100 cm³/mol. The topological polar surface area (TPSA) is 61.4 Å². The third-order valence-electron chi connectivity index (χ3n) is 3.86. The first-order chi connectivity index (χ1) is 12.1. The molecule has 0 aliphatic rings. The molecule has 2 aromatic carbocycles. The lowest BCUT2D eigenvalue weighted by Crippen LogP contribution is -2.40. The van der Waals surface area contributed by atoms with E-state index in [-0.39, 0.29) is 0 Å². The van der Waals surface area contributed by atoms with Crippen molar-refractivity contribution in [2.45, 2.75) is 19.4 Å². The van der Waals surface area contributed by atoms with Gasteiger partial charge in [-0.3, -0.25) is 9.59 Å². The number of hydrogen-bond donors (Lipinski definition) is 2. The van der Waals surface area contributed by atoms with E-state index in [0.29, 0.717) is 13.1 Å². The number of anilines is 1. The summed E-state index contributed by atoms with van der Waals surface area (Å²) in [5.74, 6) is -1.19. The van der Waals surface area contributed by atoms with Crippen LogP contribution in [0.25, 0.3) is 0 Å². The van der Waals surface area contributed by atoms with Crippen LogP contribution in [0.4, 0.5) is 5.69 Å². The molecule has 2 N–H and O–H groups in total. The summed E-state index contributed by atoms with van der Waals surface area (Å²) in [4.78, 5) is 25.7. The van der Waals surface area contributed by atoms with Crippen molar-refractivity contribution in [2.24, 2.45) is 0 Å². The molecule has 0 unspecified atom stereocenters. The van der Waals surface area contributed by atoms with E-state index < -0.39 is 11.8 Å². The molecule has 0 heterocycles. The first-order valence-electron chi connectivity index (χ1n) is 8.42. The van der Waals surface area contributed by atoms with Gasteiger partial charge in [0.25, 0.3) is 0 Å². The van der Waals surface area contributed by atoms with Crippen LogP contribution >= 0.6 is 0 Å². The summed E-state index contributed by atoms with van der Waals surface area (Å²) < 4.78 is 0. The average Bonchev–Trinajstić information content (AvgIpc) is 2.64. The lowest BCUT2D eigenvalue weighted by atomic mass is 10.1. The number of hydrogen-bond acceptors (Lipinski definition) is 3. The molecule has 0 atom stereocenters. The van der Waals surface area contributed by atoms with Gasteiger partial charge in [-0.25, -0.2) is 0 Å². The highest BCUT2D eigenvalue weighted by atomic mass is 16.2. The maximum absolute atomic E-state index is 11.9. The molecule has 0 spiro atoms. The van der Waals surface area contributed by atoms with Gasteiger partial charge < -0.3 is 15.5 Å². The van der Waals surface area contributed by atoms with Crippen LogP contribution in [0.3, 0.4) is 0 Å². The summed E-state index contributed by atoms with van der Waals surface area (Å²) in [7, 11) is 3.92. The van der Waals surface area contributed by atoms with Gasteiger partial charge in [-0.15, -0.1) is 0 Å². The van der Waals surface area contributed by atoms with Crippen molar-refractivity contribution >= 4 is 17.5 Å². The molecule has 0 fully saturated rings. The van der Waals surface area contributed by atoms with Crippen molar-refractivity contribution in [1.29, 1.82) is 0 Å². The Hall–Kier alpha value is -2.82. The quantitative estimate of drug-likeness (QED) is 0.600. The Morgan fingerprint density at radius 3 is 2.28 bits per heavy atom. The standard InChI is InChI=1S/C20H25N3O2/c1-23(2)18-12-6-10-17(14-18)15-22-20(25)19(24)21-13-7-11-16-8-4-3-5-9-16/h3-6,8-10,12,14H,7,11,13,15H2,1-2H3,(H,21,24)(H,22,25). The smallest absolute Gasteiger partial charge is 0.309 e. The van der Waals surface area contributed by atoms with Crippen LogP contribution in [-0.2, 0) is 22.6 Å². The molecule has 2 aromatic rings. The lowest BCUT2D eigenvalue weighted by Gasteiger charge is -2.13. The van der Waals surface area contributed by atoms with Gasteiger partial charge in [0.2, 0.25) is 0 Å². The van der Waals surface area contributed by atoms with Crippen molar-refractivity contribution in [2.75, 3.05) is 25.5 Å². The fourth-order valence-corrected chi connectivity index (χ4v) is 2.43. The zero-order chi connectivity index (χ0) is 18.1. The maximum atomic E-state index is 11.9. The molecule has 0 saturated carbocycles. The van der Waals surface area contributed by atoms with Crippen LogP contribution in [-0.4, -0.2) is 32.5 Å². The Balaban J connectivity index is 1.69. The minimum absolute atomic E-state index is 0.331. The summed E-state index contributed by atoms with van der Waals surface area (Å²) in [5.41, 5.74) is 3.23. The molecule has 0 aliphatic carbocycles. The number of amides is 2. The number of aryl methyl sites for hydroxylation is 1. The van der Waals surface area contributed by atoms with Gasteiger partial charge in [0.1, 0.15) is 0 Å². The second-order valence-corrected chi connectivity index (χ2v) is 6.09. The van der Waals surface area contributed by atoms with Gasteiger partial charge in [0.15, 0.2) is 0 Å². The van der Waals surface area contributed by atoms with Crippen LogP contribution in [0.2, 0.25) is 0 Å². The van der Waals surface area contributed by atoms with Crippen molar-refractivity contribution in [1.82, 2.24) is 10.6 Å². The Bertz CT molecular complexity index is 699. The van der Waals surface area contributed by atoms with Crippen molar-refractivity contribution in [3.05, 3.63) is 65.7 Å². The Morgan fingerprint density at radius 2 is 1.56 bits per heavy atom. The van der Waals surface area contributed by atoms with E-state index in [4.69, 9.17) is 0 Å². The fourth-order valence-electron chi connectivity index (χ4n) is 2.43. The van der Waals surface area contributed by atoms with E-state index in [2.05, 4.69) is 22.8 Å². The van der Waals surface area contributed by atoms with Crippen LogP contribution in [0.1, 0.15) is 17.5 Å². The Labute approximate surface area is 149 Å². The Kier molecular flexibility index (Phi) is 7.01. The summed E-state index contributed by atoms with van der Waals surface area (Å²) >= 11 is 0. The number of carbonyl (C=O) groups is 2.